The van der Waals surface area contributed by atoms with E-state index in [0.29, 0.717) is 12.0 Å². The van der Waals surface area contributed by atoms with Gasteiger partial charge in [-0.25, -0.2) is 4.99 Å². The molecule has 1 saturated carbocycles. The molecule has 4 rings (SSSR count). The molecule has 1 spiro atoms. The molecule has 3 unspecified atom stereocenters. The molecule has 5 heteroatoms. The molecule has 0 saturated heterocycles. The second-order valence-corrected chi connectivity index (χ2v) is 7.76. The van der Waals surface area contributed by atoms with Gasteiger partial charge in [0, 0.05) is 21.7 Å². The maximum Gasteiger partial charge on any atom is 0.154 e. The van der Waals surface area contributed by atoms with Crippen LogP contribution in [0.2, 0.25) is 0 Å². The number of nitrogens with two attached hydrogens (primary N) is 1. The molecule has 0 aromatic heterocycles. The highest BCUT2D eigenvalue weighted by molar-refractivity contribution is 9.10. The fraction of sp³-hybridized carbons (Fsp3) is 0.533. The molecule has 1 aromatic carbocycles. The zero-order valence-corrected chi connectivity index (χ0v) is 13.5. The number of amidine groups is 1. The Balaban J connectivity index is 1.91. The quantitative estimate of drug-likeness (QED) is 0.774. The highest BCUT2D eigenvalue weighted by Crippen LogP contribution is 2.54. The van der Waals surface area contributed by atoms with E-state index in [4.69, 9.17) is 15.5 Å². The lowest BCUT2D eigenvalue weighted by atomic mass is 9.69. The molecule has 0 radical (unpaired) electrons. The normalized spacial score (nSPS) is 35.1. The van der Waals surface area contributed by atoms with Gasteiger partial charge in [0.1, 0.15) is 17.4 Å². The Hall–Kier alpha value is -0.680. The molecular weight excluding hydrogens is 336 g/mol. The first-order valence-electron chi connectivity index (χ1n) is 7.14. The summed E-state index contributed by atoms with van der Waals surface area (Å²) in [4.78, 5) is 4.90. The van der Waals surface area contributed by atoms with Gasteiger partial charge in [0.25, 0.3) is 0 Å². The summed E-state index contributed by atoms with van der Waals surface area (Å²) in [5, 5.41) is 0.724. The van der Waals surface area contributed by atoms with Crippen molar-refractivity contribution in [1.82, 2.24) is 0 Å². The highest BCUT2D eigenvalue weighted by Gasteiger charge is 2.53. The molecule has 3 atom stereocenters. The molecule has 2 N–H and O–H groups in total. The lowest BCUT2D eigenvalue weighted by Gasteiger charge is -2.47. The lowest BCUT2D eigenvalue weighted by molar-refractivity contribution is 0.0267. The maximum absolute atomic E-state index is 6.27. The van der Waals surface area contributed by atoms with E-state index in [-0.39, 0.29) is 5.54 Å². The van der Waals surface area contributed by atoms with Gasteiger partial charge in [-0.2, -0.15) is 0 Å². The zero-order chi connectivity index (χ0) is 13.7. The molecule has 106 valence electrons. The smallest absolute Gasteiger partial charge is 0.154 e. The van der Waals surface area contributed by atoms with Gasteiger partial charge in [0.15, 0.2) is 5.17 Å². The Bertz CT molecular complexity index is 591. The van der Waals surface area contributed by atoms with E-state index in [1.807, 2.05) is 6.07 Å². The van der Waals surface area contributed by atoms with Crippen molar-refractivity contribution in [2.45, 2.75) is 37.3 Å². The van der Waals surface area contributed by atoms with Crippen LogP contribution in [0.5, 0.6) is 5.75 Å². The summed E-state index contributed by atoms with van der Waals surface area (Å²) in [5.41, 5.74) is 7.06. The summed E-state index contributed by atoms with van der Waals surface area (Å²) >= 11 is 5.27. The molecular formula is C15H17BrN2OS. The Morgan fingerprint density at radius 2 is 2.20 bits per heavy atom. The van der Waals surface area contributed by atoms with Crippen molar-refractivity contribution in [3.63, 3.8) is 0 Å². The predicted molar refractivity (Wildman–Crippen MR) is 86.3 cm³/mol. The van der Waals surface area contributed by atoms with Crippen molar-refractivity contribution in [2.24, 2.45) is 16.6 Å². The van der Waals surface area contributed by atoms with Crippen molar-refractivity contribution >= 4 is 32.9 Å². The minimum atomic E-state index is -0.169. The van der Waals surface area contributed by atoms with Crippen LogP contribution in [0.3, 0.4) is 0 Å². The van der Waals surface area contributed by atoms with E-state index >= 15 is 0 Å². The van der Waals surface area contributed by atoms with Crippen LogP contribution in [0.15, 0.2) is 27.7 Å². The summed E-state index contributed by atoms with van der Waals surface area (Å²) in [6, 6.07) is 6.29. The largest absolute Gasteiger partial charge is 0.490 e. The fourth-order valence-electron chi connectivity index (χ4n) is 3.86. The topological polar surface area (TPSA) is 47.6 Å². The van der Waals surface area contributed by atoms with E-state index in [2.05, 4.69) is 28.1 Å². The molecule has 3 aliphatic rings. The van der Waals surface area contributed by atoms with Crippen molar-refractivity contribution in [1.29, 1.82) is 0 Å². The second-order valence-electron chi connectivity index (χ2n) is 5.85. The molecule has 1 aliphatic carbocycles. The predicted octanol–water partition coefficient (Wildman–Crippen LogP) is 3.66. The molecule has 0 bridgehead atoms. The highest BCUT2D eigenvalue weighted by atomic mass is 79.9. The van der Waals surface area contributed by atoms with Crippen molar-refractivity contribution in [3.05, 3.63) is 28.2 Å². The standard InChI is InChI=1S/C15H17BrN2OS/c16-9-5-6-13-11(7-9)15(8-20-14(17)18-15)10-3-1-2-4-12(10)19-13/h5-7,10,12H,1-4,8H2,(H2,17,18). The molecule has 1 aromatic rings. The van der Waals surface area contributed by atoms with Crippen molar-refractivity contribution in [2.75, 3.05) is 5.75 Å². The number of ether oxygens (including phenoxy) is 1. The molecule has 2 aliphatic heterocycles. The number of benzene rings is 1. The Kier molecular flexibility index (Phi) is 3.04. The number of fused-ring (bicyclic) bond motifs is 4. The van der Waals surface area contributed by atoms with Crippen LogP contribution in [0, 0.1) is 5.92 Å². The van der Waals surface area contributed by atoms with Crippen molar-refractivity contribution < 1.29 is 4.74 Å². The molecule has 2 heterocycles. The van der Waals surface area contributed by atoms with Crippen LogP contribution < -0.4 is 10.5 Å². The van der Waals surface area contributed by atoms with Crippen LogP contribution in [0.4, 0.5) is 0 Å². The summed E-state index contributed by atoms with van der Waals surface area (Å²) < 4.78 is 7.36. The number of thioether (sulfide) groups is 1. The first kappa shape index (κ1) is 13.0. The van der Waals surface area contributed by atoms with Crippen LogP contribution in [-0.2, 0) is 5.54 Å². The van der Waals surface area contributed by atoms with Crippen LogP contribution in [0.1, 0.15) is 31.2 Å². The first-order valence-corrected chi connectivity index (χ1v) is 8.92. The van der Waals surface area contributed by atoms with E-state index in [9.17, 15) is 0 Å². The third kappa shape index (κ3) is 1.82. The summed E-state index contributed by atoms with van der Waals surface area (Å²) in [6.45, 7) is 0. The Morgan fingerprint density at radius 3 is 3.00 bits per heavy atom. The summed E-state index contributed by atoms with van der Waals surface area (Å²) in [7, 11) is 0. The van der Waals surface area contributed by atoms with Crippen molar-refractivity contribution in [3.8, 4) is 5.75 Å². The fourth-order valence-corrected chi connectivity index (χ4v) is 5.25. The number of aliphatic imine (C=N–C) groups is 1. The van der Waals surface area contributed by atoms with Gasteiger partial charge in [-0.3, -0.25) is 0 Å². The van der Waals surface area contributed by atoms with Gasteiger partial charge in [0.2, 0.25) is 0 Å². The van der Waals surface area contributed by atoms with Crippen LogP contribution in [-0.4, -0.2) is 17.0 Å². The average Bonchev–Trinajstić information content (AvgIpc) is 2.84. The number of rotatable bonds is 0. The average molecular weight is 353 g/mol. The number of halogens is 1. The zero-order valence-electron chi connectivity index (χ0n) is 11.1. The van der Waals surface area contributed by atoms with Gasteiger partial charge in [-0.05, 0) is 37.5 Å². The number of hydrogen-bond acceptors (Lipinski definition) is 4. The van der Waals surface area contributed by atoms with Gasteiger partial charge in [-0.1, -0.05) is 34.1 Å². The molecule has 20 heavy (non-hydrogen) atoms. The third-order valence-corrected chi connectivity index (χ3v) is 6.22. The molecule has 3 nitrogen and oxygen atoms in total. The maximum atomic E-state index is 6.27. The monoisotopic (exact) mass is 352 g/mol. The second kappa shape index (κ2) is 4.67. The molecule has 0 amide bonds. The van der Waals surface area contributed by atoms with Gasteiger partial charge < -0.3 is 10.5 Å². The summed E-state index contributed by atoms with van der Waals surface area (Å²) in [6.07, 6.45) is 5.16. The van der Waals surface area contributed by atoms with Gasteiger partial charge >= 0.3 is 0 Å². The Morgan fingerprint density at radius 1 is 1.35 bits per heavy atom. The van der Waals surface area contributed by atoms with E-state index in [1.165, 1.54) is 24.8 Å². The number of hydrogen-bond donors (Lipinski definition) is 1. The Labute approximate surface area is 131 Å². The van der Waals surface area contributed by atoms with E-state index < -0.39 is 0 Å². The molecule has 1 fully saturated rings. The minimum absolute atomic E-state index is 0.169. The van der Waals surface area contributed by atoms with E-state index in [1.54, 1.807) is 11.8 Å². The van der Waals surface area contributed by atoms with Gasteiger partial charge in [0.05, 0.1) is 0 Å². The minimum Gasteiger partial charge on any atom is -0.490 e. The first-order chi connectivity index (χ1) is 9.69. The van der Waals surface area contributed by atoms with Gasteiger partial charge in [-0.15, -0.1) is 0 Å². The van der Waals surface area contributed by atoms with Crippen LogP contribution in [0.25, 0.3) is 0 Å². The third-order valence-electron chi connectivity index (χ3n) is 4.75. The number of nitrogens with zero attached hydrogens (tertiary/aromatic N) is 1. The van der Waals surface area contributed by atoms with E-state index in [0.717, 1.165) is 27.6 Å². The summed E-state index contributed by atoms with van der Waals surface area (Å²) in [5.74, 6) is 2.41. The lowest BCUT2D eigenvalue weighted by Crippen LogP contribution is -2.49. The van der Waals surface area contributed by atoms with Crippen LogP contribution >= 0.6 is 27.7 Å². The SMILES string of the molecule is NC1=NC2(CS1)c1cc(Br)ccc1OC1CCCCC12.